The van der Waals surface area contributed by atoms with Crippen molar-refractivity contribution < 1.29 is 4.74 Å². The molecule has 1 aromatic rings. The zero-order valence-electron chi connectivity index (χ0n) is 14.5. The van der Waals surface area contributed by atoms with Gasteiger partial charge in [-0.25, -0.2) is 0 Å². The fourth-order valence-corrected chi connectivity index (χ4v) is 2.97. The maximum absolute atomic E-state index is 5.47. The van der Waals surface area contributed by atoms with Gasteiger partial charge in [-0.1, -0.05) is 26.0 Å². The van der Waals surface area contributed by atoms with E-state index in [1.165, 1.54) is 11.3 Å². The van der Waals surface area contributed by atoms with Crippen molar-refractivity contribution in [3.8, 4) is 0 Å². The van der Waals surface area contributed by atoms with Crippen LogP contribution >= 0.6 is 0 Å². The van der Waals surface area contributed by atoms with Crippen LogP contribution in [-0.4, -0.2) is 57.9 Å². The summed E-state index contributed by atoms with van der Waals surface area (Å²) in [6, 6.07) is 9.37. The molecular formula is C18H31N3O. The number of anilines is 1. The Balaban J connectivity index is 1.82. The van der Waals surface area contributed by atoms with E-state index in [9.17, 15) is 0 Å². The minimum Gasteiger partial charge on any atom is -0.379 e. The first-order chi connectivity index (χ1) is 10.6. The Labute approximate surface area is 135 Å². The van der Waals surface area contributed by atoms with Crippen molar-refractivity contribution in [2.45, 2.75) is 26.4 Å². The van der Waals surface area contributed by atoms with Crippen molar-refractivity contribution >= 4 is 5.69 Å². The van der Waals surface area contributed by atoms with Crippen molar-refractivity contribution in [3.63, 3.8) is 0 Å². The van der Waals surface area contributed by atoms with Gasteiger partial charge in [0.15, 0.2) is 0 Å². The highest BCUT2D eigenvalue weighted by molar-refractivity contribution is 5.45. The van der Waals surface area contributed by atoms with E-state index in [1.54, 1.807) is 0 Å². The quantitative estimate of drug-likeness (QED) is 0.836. The summed E-state index contributed by atoms with van der Waals surface area (Å²) in [4.78, 5) is 4.70. The topological polar surface area (TPSA) is 27.7 Å². The van der Waals surface area contributed by atoms with Gasteiger partial charge >= 0.3 is 0 Å². The zero-order valence-corrected chi connectivity index (χ0v) is 14.5. The predicted octanol–water partition coefficient (Wildman–Crippen LogP) is 2.20. The van der Waals surface area contributed by atoms with Crippen LogP contribution in [0.4, 0.5) is 5.69 Å². The van der Waals surface area contributed by atoms with Gasteiger partial charge in [-0.2, -0.15) is 0 Å². The molecule has 124 valence electrons. The molecule has 0 aromatic heterocycles. The summed E-state index contributed by atoms with van der Waals surface area (Å²) < 4.78 is 5.47. The lowest BCUT2D eigenvalue weighted by molar-refractivity contribution is 0.00648. The third-order valence-electron chi connectivity index (χ3n) is 4.42. The highest BCUT2D eigenvalue weighted by Gasteiger charge is 2.23. The number of ether oxygens (including phenoxy) is 1. The first-order valence-corrected chi connectivity index (χ1v) is 8.36. The van der Waals surface area contributed by atoms with Crippen molar-refractivity contribution in [2.24, 2.45) is 5.92 Å². The van der Waals surface area contributed by atoms with Crippen LogP contribution in [0.1, 0.15) is 19.4 Å². The predicted molar refractivity (Wildman–Crippen MR) is 93.5 cm³/mol. The van der Waals surface area contributed by atoms with Gasteiger partial charge in [0, 0.05) is 52.0 Å². The molecular weight excluding hydrogens is 274 g/mol. The van der Waals surface area contributed by atoms with Crippen molar-refractivity contribution in [1.82, 2.24) is 10.2 Å². The van der Waals surface area contributed by atoms with E-state index in [-0.39, 0.29) is 0 Å². The number of nitrogens with one attached hydrogen (secondary N) is 1. The van der Waals surface area contributed by atoms with Crippen molar-refractivity contribution in [3.05, 3.63) is 29.8 Å². The van der Waals surface area contributed by atoms with Crippen LogP contribution in [0.3, 0.4) is 0 Å². The molecule has 1 saturated heterocycles. The molecule has 1 aromatic carbocycles. The van der Waals surface area contributed by atoms with E-state index in [0.717, 1.165) is 39.4 Å². The number of nitrogens with zero attached hydrogens (tertiary/aromatic N) is 2. The molecule has 2 rings (SSSR count). The van der Waals surface area contributed by atoms with Crippen LogP contribution in [0.15, 0.2) is 24.3 Å². The second-order valence-corrected chi connectivity index (χ2v) is 6.65. The molecule has 0 radical (unpaired) electrons. The van der Waals surface area contributed by atoms with Crippen molar-refractivity contribution in [1.29, 1.82) is 0 Å². The molecule has 1 atom stereocenters. The molecule has 0 bridgehead atoms. The molecule has 0 amide bonds. The van der Waals surface area contributed by atoms with Crippen molar-refractivity contribution in [2.75, 3.05) is 51.8 Å². The van der Waals surface area contributed by atoms with E-state index in [0.29, 0.717) is 12.0 Å². The first kappa shape index (κ1) is 17.3. The van der Waals surface area contributed by atoms with Gasteiger partial charge in [-0.05, 0) is 23.6 Å². The van der Waals surface area contributed by atoms with Gasteiger partial charge in [0.1, 0.15) is 0 Å². The molecule has 4 nitrogen and oxygen atoms in total. The Morgan fingerprint density at radius 3 is 2.32 bits per heavy atom. The zero-order chi connectivity index (χ0) is 15.9. The van der Waals surface area contributed by atoms with Gasteiger partial charge in [0.25, 0.3) is 0 Å². The lowest BCUT2D eigenvalue weighted by Crippen LogP contribution is -2.50. The molecule has 0 saturated carbocycles. The molecule has 1 heterocycles. The van der Waals surface area contributed by atoms with E-state index in [2.05, 4.69) is 67.3 Å². The third kappa shape index (κ3) is 4.97. The van der Waals surface area contributed by atoms with Crippen LogP contribution in [-0.2, 0) is 11.3 Å². The van der Waals surface area contributed by atoms with Crippen LogP contribution in [0, 0.1) is 5.92 Å². The highest BCUT2D eigenvalue weighted by atomic mass is 16.5. The second-order valence-electron chi connectivity index (χ2n) is 6.65. The molecule has 22 heavy (non-hydrogen) atoms. The SMILES string of the molecule is CC(C)C(CNCc1ccc(N(C)C)cc1)N1CCOCC1. The second kappa shape index (κ2) is 8.51. The largest absolute Gasteiger partial charge is 0.379 e. The van der Waals surface area contributed by atoms with Crippen LogP contribution in [0.2, 0.25) is 0 Å². The third-order valence-corrected chi connectivity index (χ3v) is 4.42. The molecule has 1 unspecified atom stereocenters. The van der Waals surface area contributed by atoms with E-state index in [4.69, 9.17) is 4.74 Å². The van der Waals surface area contributed by atoms with E-state index < -0.39 is 0 Å². The molecule has 1 aliphatic rings. The van der Waals surface area contributed by atoms with Gasteiger partial charge < -0.3 is 15.0 Å². The van der Waals surface area contributed by atoms with Gasteiger partial charge in [-0.15, -0.1) is 0 Å². The average Bonchev–Trinajstić information content (AvgIpc) is 2.52. The lowest BCUT2D eigenvalue weighted by atomic mass is 10.0. The van der Waals surface area contributed by atoms with E-state index in [1.807, 2.05) is 0 Å². The summed E-state index contributed by atoms with van der Waals surface area (Å²) in [7, 11) is 4.14. The average molecular weight is 305 g/mol. The maximum atomic E-state index is 5.47. The summed E-state index contributed by atoms with van der Waals surface area (Å²) >= 11 is 0. The Bertz CT molecular complexity index is 424. The van der Waals surface area contributed by atoms with Gasteiger partial charge in [-0.3, -0.25) is 4.90 Å². The highest BCUT2D eigenvalue weighted by Crippen LogP contribution is 2.14. The number of benzene rings is 1. The molecule has 1 aliphatic heterocycles. The molecule has 4 heteroatoms. The Morgan fingerprint density at radius 2 is 1.77 bits per heavy atom. The molecule has 1 fully saturated rings. The lowest BCUT2D eigenvalue weighted by Gasteiger charge is -2.37. The Hall–Kier alpha value is -1.10. The Kier molecular flexibility index (Phi) is 6.68. The minimum absolute atomic E-state index is 0.588. The molecule has 0 aliphatic carbocycles. The van der Waals surface area contributed by atoms with Crippen LogP contribution in [0.25, 0.3) is 0 Å². The molecule has 1 N–H and O–H groups in total. The summed E-state index contributed by atoms with van der Waals surface area (Å²) in [6.45, 7) is 10.4. The Morgan fingerprint density at radius 1 is 1.14 bits per heavy atom. The first-order valence-electron chi connectivity index (χ1n) is 8.36. The van der Waals surface area contributed by atoms with Crippen LogP contribution < -0.4 is 10.2 Å². The summed E-state index contributed by atoms with van der Waals surface area (Å²) in [5, 5.41) is 3.63. The number of hydrogen-bond donors (Lipinski definition) is 1. The minimum atomic E-state index is 0.588. The fourth-order valence-electron chi connectivity index (χ4n) is 2.97. The molecule has 0 spiro atoms. The monoisotopic (exact) mass is 305 g/mol. The summed E-state index contributed by atoms with van der Waals surface area (Å²) in [6.07, 6.45) is 0. The number of rotatable bonds is 7. The number of hydrogen-bond acceptors (Lipinski definition) is 4. The summed E-state index contributed by atoms with van der Waals surface area (Å²) in [5.74, 6) is 0.654. The van der Waals surface area contributed by atoms with E-state index >= 15 is 0 Å². The van der Waals surface area contributed by atoms with Gasteiger partial charge in [0.05, 0.1) is 13.2 Å². The maximum Gasteiger partial charge on any atom is 0.0594 e. The fraction of sp³-hybridized carbons (Fsp3) is 0.667. The van der Waals surface area contributed by atoms with Crippen LogP contribution in [0.5, 0.6) is 0 Å². The smallest absolute Gasteiger partial charge is 0.0594 e. The van der Waals surface area contributed by atoms with Gasteiger partial charge in [0.2, 0.25) is 0 Å². The standard InChI is InChI=1S/C18H31N3O/c1-15(2)18(21-9-11-22-12-10-21)14-19-13-16-5-7-17(8-6-16)20(3)4/h5-8,15,18-19H,9-14H2,1-4H3. The summed E-state index contributed by atoms with van der Waals surface area (Å²) in [5.41, 5.74) is 2.59. The number of morpholine rings is 1. The normalized spacial score (nSPS) is 17.7.